The van der Waals surface area contributed by atoms with Crippen LogP contribution >= 0.6 is 12.2 Å². The van der Waals surface area contributed by atoms with Crippen molar-refractivity contribution in [1.82, 2.24) is 20.1 Å². The summed E-state index contributed by atoms with van der Waals surface area (Å²) < 4.78 is 7.95. The van der Waals surface area contributed by atoms with Crippen LogP contribution in [0.25, 0.3) is 0 Å². The smallest absolute Gasteiger partial charge is 0.240 e. The largest absolute Gasteiger partial charge is 0.464 e. The minimum atomic E-state index is -0.214. The summed E-state index contributed by atoms with van der Waals surface area (Å²) in [6, 6.07) is 3.61. The summed E-state index contributed by atoms with van der Waals surface area (Å²) in [7, 11) is 0. The number of hydrogen-bond acceptors (Lipinski definition) is 4. The molecule has 2 heterocycles. The zero-order chi connectivity index (χ0) is 17.9. The molecule has 24 heavy (non-hydrogen) atoms. The highest BCUT2D eigenvalue weighted by molar-refractivity contribution is 7.71. The predicted octanol–water partition coefficient (Wildman–Crippen LogP) is 3.70. The third-order valence-electron chi connectivity index (χ3n) is 3.83. The van der Waals surface area contributed by atoms with E-state index < -0.39 is 0 Å². The van der Waals surface area contributed by atoms with Crippen molar-refractivity contribution in [2.24, 2.45) is 5.41 Å². The molecule has 2 rings (SSSR count). The molecule has 0 aromatic carbocycles. The first-order valence-electron chi connectivity index (χ1n) is 8.22. The standard InChI is InChI=1S/C17H26N4O2S/c1-6-7-13-19-20-16(24)21(13)10-14(22)18-15(17(3,4)5)12-9-8-11(2)23-12/h8-9,15H,6-7,10H2,1-5H3,(H,18,22)(H,20,24). The maximum atomic E-state index is 12.6. The molecular formula is C17H26N4O2S. The van der Waals surface area contributed by atoms with Crippen LogP contribution in [0.3, 0.4) is 0 Å². The molecule has 0 bridgehead atoms. The fraction of sp³-hybridized carbons (Fsp3) is 0.588. The van der Waals surface area contributed by atoms with Gasteiger partial charge in [-0.25, -0.2) is 0 Å². The number of nitrogens with zero attached hydrogens (tertiary/aromatic N) is 2. The second-order valence-corrected chi connectivity index (χ2v) is 7.48. The summed E-state index contributed by atoms with van der Waals surface area (Å²) in [5, 5.41) is 10.0. The Morgan fingerprint density at radius 3 is 2.71 bits per heavy atom. The van der Waals surface area contributed by atoms with Gasteiger partial charge in [-0.2, -0.15) is 5.10 Å². The Hall–Kier alpha value is -1.89. The third-order valence-corrected chi connectivity index (χ3v) is 4.14. The molecular weight excluding hydrogens is 324 g/mol. The molecule has 2 aromatic heterocycles. The number of H-pyrrole nitrogens is 1. The summed E-state index contributed by atoms with van der Waals surface area (Å²) in [6.45, 7) is 10.3. The molecule has 7 heteroatoms. The SMILES string of the molecule is CCCc1n[nH]c(=S)n1CC(=O)NC(c1ccc(C)o1)C(C)(C)C. The van der Waals surface area contributed by atoms with Crippen LogP contribution in [0.1, 0.15) is 57.5 Å². The quantitative estimate of drug-likeness (QED) is 0.779. The van der Waals surface area contributed by atoms with Crippen LogP contribution in [0.4, 0.5) is 0 Å². The third kappa shape index (κ3) is 4.35. The molecule has 132 valence electrons. The number of aromatic nitrogens is 3. The highest BCUT2D eigenvalue weighted by Crippen LogP contribution is 2.33. The lowest BCUT2D eigenvalue weighted by Gasteiger charge is -2.30. The van der Waals surface area contributed by atoms with E-state index in [1.54, 1.807) is 4.57 Å². The first-order valence-corrected chi connectivity index (χ1v) is 8.63. The van der Waals surface area contributed by atoms with Crippen LogP contribution in [0, 0.1) is 17.1 Å². The van der Waals surface area contributed by atoms with E-state index in [1.165, 1.54) is 0 Å². The lowest BCUT2D eigenvalue weighted by atomic mass is 9.85. The molecule has 0 aliphatic heterocycles. The lowest BCUT2D eigenvalue weighted by molar-refractivity contribution is -0.123. The van der Waals surface area contributed by atoms with Crippen LogP contribution in [-0.4, -0.2) is 20.7 Å². The highest BCUT2D eigenvalue weighted by Gasteiger charge is 2.30. The van der Waals surface area contributed by atoms with Gasteiger partial charge >= 0.3 is 0 Å². The van der Waals surface area contributed by atoms with Crippen molar-refractivity contribution in [3.63, 3.8) is 0 Å². The van der Waals surface area contributed by atoms with Crippen molar-refractivity contribution in [3.8, 4) is 0 Å². The van der Waals surface area contributed by atoms with Crippen LogP contribution in [0.5, 0.6) is 0 Å². The van der Waals surface area contributed by atoms with Gasteiger partial charge in [-0.3, -0.25) is 14.5 Å². The molecule has 2 N–H and O–H groups in total. The van der Waals surface area contributed by atoms with E-state index in [9.17, 15) is 4.79 Å². The second-order valence-electron chi connectivity index (χ2n) is 7.10. The first-order chi connectivity index (χ1) is 11.2. The van der Waals surface area contributed by atoms with Crippen molar-refractivity contribution in [2.75, 3.05) is 0 Å². The number of hydrogen-bond donors (Lipinski definition) is 2. The topological polar surface area (TPSA) is 75.8 Å². The molecule has 0 saturated heterocycles. The van der Waals surface area contributed by atoms with Gasteiger partial charge < -0.3 is 9.73 Å². The van der Waals surface area contributed by atoms with Gasteiger partial charge in [-0.15, -0.1) is 0 Å². The number of aromatic amines is 1. The normalized spacial score (nSPS) is 13.0. The van der Waals surface area contributed by atoms with E-state index in [0.717, 1.165) is 30.2 Å². The molecule has 1 unspecified atom stereocenters. The van der Waals surface area contributed by atoms with Crippen LogP contribution in [-0.2, 0) is 17.8 Å². The molecule has 0 aliphatic rings. The van der Waals surface area contributed by atoms with Crippen molar-refractivity contribution >= 4 is 18.1 Å². The number of carbonyl (C=O) groups is 1. The average molecular weight is 350 g/mol. The maximum Gasteiger partial charge on any atom is 0.240 e. The molecule has 0 saturated carbocycles. The van der Waals surface area contributed by atoms with Crippen LogP contribution in [0.15, 0.2) is 16.5 Å². The monoisotopic (exact) mass is 350 g/mol. The van der Waals surface area contributed by atoms with Crippen LogP contribution < -0.4 is 5.32 Å². The Bertz CT molecular complexity index is 751. The number of carbonyl (C=O) groups excluding carboxylic acids is 1. The molecule has 0 radical (unpaired) electrons. The summed E-state index contributed by atoms with van der Waals surface area (Å²) >= 11 is 5.24. The number of amides is 1. The number of furan rings is 1. The van der Waals surface area contributed by atoms with Gasteiger partial charge in [0, 0.05) is 6.42 Å². The van der Waals surface area contributed by atoms with Crippen molar-refractivity contribution in [1.29, 1.82) is 0 Å². The van der Waals surface area contributed by atoms with E-state index in [1.807, 2.05) is 19.1 Å². The summed E-state index contributed by atoms with van der Waals surface area (Å²) in [5.41, 5.74) is -0.177. The highest BCUT2D eigenvalue weighted by atomic mass is 32.1. The molecule has 2 aromatic rings. The van der Waals surface area contributed by atoms with Gasteiger partial charge in [0.1, 0.15) is 23.9 Å². The summed E-state index contributed by atoms with van der Waals surface area (Å²) in [6.07, 6.45) is 1.72. The Balaban J connectivity index is 2.17. The van der Waals surface area contributed by atoms with Gasteiger partial charge in [-0.05, 0) is 43.1 Å². The van der Waals surface area contributed by atoms with E-state index in [4.69, 9.17) is 16.6 Å². The van der Waals surface area contributed by atoms with Crippen molar-refractivity contribution < 1.29 is 9.21 Å². The molecule has 0 spiro atoms. The molecule has 1 amide bonds. The van der Waals surface area contributed by atoms with Gasteiger partial charge in [0.15, 0.2) is 4.77 Å². The average Bonchev–Trinajstić information content (AvgIpc) is 3.04. The summed E-state index contributed by atoms with van der Waals surface area (Å²) in [5.74, 6) is 2.28. The molecule has 6 nitrogen and oxygen atoms in total. The zero-order valence-electron chi connectivity index (χ0n) is 15.0. The lowest BCUT2D eigenvalue weighted by Crippen LogP contribution is -2.38. The maximum absolute atomic E-state index is 12.6. The molecule has 0 aliphatic carbocycles. The predicted molar refractivity (Wildman–Crippen MR) is 95.2 cm³/mol. The Morgan fingerprint density at radius 2 is 2.17 bits per heavy atom. The Morgan fingerprint density at radius 1 is 1.46 bits per heavy atom. The first kappa shape index (κ1) is 18.4. The van der Waals surface area contributed by atoms with E-state index in [0.29, 0.717) is 4.77 Å². The number of rotatable bonds is 6. The molecule has 1 atom stereocenters. The fourth-order valence-electron chi connectivity index (χ4n) is 2.60. The minimum Gasteiger partial charge on any atom is -0.464 e. The number of nitrogens with one attached hydrogen (secondary N) is 2. The van der Waals surface area contributed by atoms with E-state index >= 15 is 0 Å². The van der Waals surface area contributed by atoms with Crippen molar-refractivity contribution in [3.05, 3.63) is 34.2 Å². The van der Waals surface area contributed by atoms with Gasteiger partial charge in [0.05, 0.1) is 6.04 Å². The minimum absolute atomic E-state index is 0.112. The van der Waals surface area contributed by atoms with Crippen LogP contribution in [0.2, 0.25) is 0 Å². The molecule has 0 fully saturated rings. The zero-order valence-corrected chi connectivity index (χ0v) is 15.8. The van der Waals surface area contributed by atoms with Gasteiger partial charge in [-0.1, -0.05) is 27.7 Å². The van der Waals surface area contributed by atoms with Gasteiger partial charge in [0.2, 0.25) is 5.91 Å². The summed E-state index contributed by atoms with van der Waals surface area (Å²) in [4.78, 5) is 12.6. The Kier molecular flexibility index (Phi) is 5.64. The fourth-order valence-corrected chi connectivity index (χ4v) is 2.82. The van der Waals surface area contributed by atoms with Gasteiger partial charge in [0.25, 0.3) is 0 Å². The number of aryl methyl sites for hydroxylation is 2. The van der Waals surface area contributed by atoms with E-state index in [-0.39, 0.29) is 23.9 Å². The van der Waals surface area contributed by atoms with Crippen molar-refractivity contribution in [2.45, 2.75) is 60.0 Å². The second kappa shape index (κ2) is 7.34. The Labute approximate surface area is 147 Å². The van der Waals surface area contributed by atoms with E-state index in [2.05, 4.69) is 43.2 Å².